The number of piperazine rings is 1. The predicted molar refractivity (Wildman–Crippen MR) is 130 cm³/mol. The van der Waals surface area contributed by atoms with Crippen LogP contribution < -0.4 is 0 Å². The highest BCUT2D eigenvalue weighted by Gasteiger charge is 2.39. The summed E-state index contributed by atoms with van der Waals surface area (Å²) in [6, 6.07) is 1.72. The van der Waals surface area contributed by atoms with E-state index >= 15 is 0 Å². The van der Waals surface area contributed by atoms with E-state index in [1.807, 2.05) is 0 Å². The van der Waals surface area contributed by atoms with Gasteiger partial charge >= 0.3 is 0 Å². The molecule has 0 N–H and O–H groups in total. The second-order valence-electron chi connectivity index (χ2n) is 10.8. The minimum absolute atomic E-state index is 0.816. The van der Waals surface area contributed by atoms with Gasteiger partial charge in [0.25, 0.3) is 0 Å². The van der Waals surface area contributed by atoms with E-state index in [2.05, 4.69) is 37.5 Å². The van der Waals surface area contributed by atoms with Gasteiger partial charge in [-0.2, -0.15) is 0 Å². The Hall–Kier alpha value is -0.0800. The zero-order chi connectivity index (χ0) is 20.9. The van der Waals surface area contributed by atoms with Crippen LogP contribution in [0.25, 0.3) is 0 Å². The lowest BCUT2D eigenvalue weighted by Crippen LogP contribution is -2.54. The summed E-state index contributed by atoms with van der Waals surface area (Å²) < 4.78 is 0. The van der Waals surface area contributed by atoms with Crippen LogP contribution in [0.4, 0.5) is 0 Å². The molecule has 0 aromatic heterocycles. The van der Waals surface area contributed by atoms with Crippen molar-refractivity contribution in [1.29, 1.82) is 0 Å². The number of likely N-dealkylation sites (tertiary alicyclic amines) is 1. The summed E-state index contributed by atoms with van der Waals surface area (Å²) in [4.78, 5) is 5.67. The number of hydrogen-bond acceptors (Lipinski definition) is 2. The van der Waals surface area contributed by atoms with Crippen LogP contribution in [0.1, 0.15) is 124 Å². The summed E-state index contributed by atoms with van der Waals surface area (Å²) >= 11 is 0. The smallest absolute Gasteiger partial charge is 0.0227 e. The number of unbranched alkanes of at least 4 members (excludes halogenated alkanes) is 7. The molecule has 2 bridgehead atoms. The van der Waals surface area contributed by atoms with Gasteiger partial charge < -0.3 is 4.90 Å². The molecule has 0 aromatic rings. The highest BCUT2D eigenvalue weighted by atomic mass is 15.3. The molecule has 0 unspecified atom stereocenters. The van der Waals surface area contributed by atoms with E-state index < -0.39 is 0 Å². The second kappa shape index (κ2) is 14.8. The first-order valence-electron chi connectivity index (χ1n) is 13.6. The molecule has 0 spiro atoms. The lowest BCUT2D eigenvalue weighted by molar-refractivity contribution is 0.0570. The normalized spacial score (nSPS) is 23.0. The monoisotopic (exact) mass is 406 g/mol. The minimum atomic E-state index is 0.816. The quantitative estimate of drug-likeness (QED) is 0.230. The van der Waals surface area contributed by atoms with Crippen LogP contribution >= 0.6 is 0 Å². The average molecular weight is 407 g/mol. The Morgan fingerprint density at radius 3 is 1.69 bits per heavy atom. The molecule has 2 saturated heterocycles. The maximum Gasteiger partial charge on any atom is 0.0227 e. The minimum Gasteiger partial charge on any atom is -0.300 e. The molecule has 172 valence electrons. The van der Waals surface area contributed by atoms with E-state index in [4.69, 9.17) is 0 Å². The van der Waals surface area contributed by atoms with Crippen molar-refractivity contribution in [2.24, 2.45) is 11.8 Å². The fourth-order valence-corrected chi connectivity index (χ4v) is 5.90. The fourth-order valence-electron chi connectivity index (χ4n) is 5.90. The van der Waals surface area contributed by atoms with Gasteiger partial charge in [0.1, 0.15) is 0 Å². The van der Waals surface area contributed by atoms with E-state index in [0.717, 1.165) is 23.9 Å². The van der Waals surface area contributed by atoms with Crippen molar-refractivity contribution in [1.82, 2.24) is 9.80 Å². The molecule has 2 atom stereocenters. The van der Waals surface area contributed by atoms with Gasteiger partial charge in [0, 0.05) is 31.7 Å². The van der Waals surface area contributed by atoms with Crippen molar-refractivity contribution in [3.63, 3.8) is 0 Å². The Kier molecular flexibility index (Phi) is 12.9. The maximum atomic E-state index is 2.85. The summed E-state index contributed by atoms with van der Waals surface area (Å²) in [6.45, 7) is 14.8. The van der Waals surface area contributed by atoms with Gasteiger partial charge in [-0.3, -0.25) is 4.90 Å². The Balaban J connectivity index is 1.62. The van der Waals surface area contributed by atoms with Gasteiger partial charge in [-0.05, 0) is 37.6 Å². The van der Waals surface area contributed by atoms with Crippen LogP contribution in [0.2, 0.25) is 0 Å². The number of nitrogens with zero attached hydrogens (tertiary/aromatic N) is 2. The Morgan fingerprint density at radius 2 is 1.21 bits per heavy atom. The zero-order valence-electron chi connectivity index (χ0n) is 20.6. The lowest BCUT2D eigenvalue weighted by atomic mass is 9.90. The largest absolute Gasteiger partial charge is 0.300 e. The summed E-state index contributed by atoms with van der Waals surface area (Å²) in [5.74, 6) is 1.83. The lowest BCUT2D eigenvalue weighted by Gasteiger charge is -2.42. The van der Waals surface area contributed by atoms with Crippen LogP contribution in [-0.2, 0) is 0 Å². The van der Waals surface area contributed by atoms with Crippen molar-refractivity contribution in [3.05, 3.63) is 0 Å². The SMILES string of the molecule is CCCCCCC(CCCCCC)CCCCN1C[C@H]2CC[C@@H](C1)N2CC(C)C. The molecule has 2 rings (SSSR count). The van der Waals surface area contributed by atoms with Crippen LogP contribution in [0.3, 0.4) is 0 Å². The molecule has 2 heteroatoms. The van der Waals surface area contributed by atoms with E-state index in [9.17, 15) is 0 Å². The molecule has 0 radical (unpaired) electrons. The topological polar surface area (TPSA) is 6.48 Å². The molecule has 0 aliphatic carbocycles. The van der Waals surface area contributed by atoms with Crippen LogP contribution in [0.15, 0.2) is 0 Å². The summed E-state index contributed by atoms with van der Waals surface area (Å²) in [6.07, 6.45) is 21.8. The van der Waals surface area contributed by atoms with Crippen molar-refractivity contribution in [2.45, 2.75) is 136 Å². The van der Waals surface area contributed by atoms with Crippen molar-refractivity contribution < 1.29 is 0 Å². The zero-order valence-corrected chi connectivity index (χ0v) is 20.6. The first-order valence-corrected chi connectivity index (χ1v) is 13.6. The molecule has 2 fully saturated rings. The van der Waals surface area contributed by atoms with Gasteiger partial charge in [0.2, 0.25) is 0 Å². The fraction of sp³-hybridized carbons (Fsp3) is 1.00. The van der Waals surface area contributed by atoms with Crippen LogP contribution in [0, 0.1) is 11.8 Å². The van der Waals surface area contributed by atoms with E-state index in [1.54, 1.807) is 0 Å². The molecule has 0 saturated carbocycles. The maximum absolute atomic E-state index is 2.85. The third kappa shape index (κ3) is 9.72. The van der Waals surface area contributed by atoms with Crippen LogP contribution in [0.5, 0.6) is 0 Å². The number of hydrogen-bond donors (Lipinski definition) is 0. The Labute approximate surface area is 184 Å². The summed E-state index contributed by atoms with van der Waals surface area (Å²) in [5.41, 5.74) is 0. The van der Waals surface area contributed by atoms with E-state index in [-0.39, 0.29) is 0 Å². The Morgan fingerprint density at radius 1 is 0.690 bits per heavy atom. The number of fused-ring (bicyclic) bond motifs is 2. The van der Waals surface area contributed by atoms with Crippen LogP contribution in [-0.4, -0.2) is 48.1 Å². The standard InChI is InChI=1S/C27H54N2/c1-5-7-9-11-15-25(16-12-10-8-6-2)17-13-14-20-28-22-26-18-19-27(23-28)29(26)21-24(3)4/h24-27H,5-23H2,1-4H3/t26-,27+. The molecule has 2 aliphatic rings. The van der Waals surface area contributed by atoms with Crippen molar-refractivity contribution in [3.8, 4) is 0 Å². The Bertz CT molecular complexity index is 368. The predicted octanol–water partition coefficient (Wildman–Crippen LogP) is 7.52. The summed E-state index contributed by atoms with van der Waals surface area (Å²) in [7, 11) is 0. The molecule has 2 aliphatic heterocycles. The highest BCUT2D eigenvalue weighted by Crippen LogP contribution is 2.31. The average Bonchev–Trinajstić information content (AvgIpc) is 2.92. The molecule has 0 aromatic carbocycles. The highest BCUT2D eigenvalue weighted by molar-refractivity contribution is 4.95. The van der Waals surface area contributed by atoms with Gasteiger partial charge in [0.05, 0.1) is 0 Å². The van der Waals surface area contributed by atoms with Crippen molar-refractivity contribution in [2.75, 3.05) is 26.2 Å². The van der Waals surface area contributed by atoms with Gasteiger partial charge in [-0.15, -0.1) is 0 Å². The molecule has 0 amide bonds. The third-order valence-corrected chi connectivity index (χ3v) is 7.55. The van der Waals surface area contributed by atoms with Gasteiger partial charge in [-0.1, -0.05) is 105 Å². The van der Waals surface area contributed by atoms with Gasteiger partial charge in [-0.25, -0.2) is 0 Å². The first-order chi connectivity index (χ1) is 14.1. The van der Waals surface area contributed by atoms with Gasteiger partial charge in [0.15, 0.2) is 0 Å². The molecular formula is C27H54N2. The molecule has 2 nitrogen and oxygen atoms in total. The molecule has 29 heavy (non-hydrogen) atoms. The molecule has 2 heterocycles. The van der Waals surface area contributed by atoms with Crippen molar-refractivity contribution >= 4 is 0 Å². The van der Waals surface area contributed by atoms with E-state index in [0.29, 0.717) is 0 Å². The van der Waals surface area contributed by atoms with E-state index in [1.165, 1.54) is 122 Å². The summed E-state index contributed by atoms with van der Waals surface area (Å²) in [5, 5.41) is 0. The second-order valence-corrected chi connectivity index (χ2v) is 10.8. The third-order valence-electron chi connectivity index (χ3n) is 7.55. The number of rotatable bonds is 17. The molecular weight excluding hydrogens is 352 g/mol. The first kappa shape index (κ1) is 25.2.